The molecule has 0 aliphatic rings. The van der Waals surface area contributed by atoms with Gasteiger partial charge in [0.2, 0.25) is 0 Å². The van der Waals surface area contributed by atoms with Gasteiger partial charge in [-0.05, 0) is 60.2 Å². The third-order valence-corrected chi connectivity index (χ3v) is 5.24. The summed E-state index contributed by atoms with van der Waals surface area (Å²) in [6.07, 6.45) is 7.88. The number of ether oxygens (including phenoxy) is 1. The molecule has 0 fully saturated rings. The van der Waals surface area contributed by atoms with Gasteiger partial charge in [0.15, 0.2) is 11.5 Å². The summed E-state index contributed by atoms with van der Waals surface area (Å²) < 4.78 is 11.8. The van der Waals surface area contributed by atoms with Gasteiger partial charge in [-0.15, -0.1) is 0 Å². The maximum Gasteiger partial charge on any atom is 0.161 e. The van der Waals surface area contributed by atoms with E-state index in [0.29, 0.717) is 18.3 Å². The quantitative estimate of drug-likeness (QED) is 0.407. The molecule has 29 heavy (non-hydrogen) atoms. The Bertz CT molecular complexity index is 891. The topological polar surface area (TPSA) is 58.4 Å². The molecule has 4 nitrogen and oxygen atoms in total. The Morgan fingerprint density at radius 2 is 1.79 bits per heavy atom. The predicted octanol–water partition coefficient (Wildman–Crippen LogP) is 6.19. The molecule has 0 atom stereocenters. The molecule has 3 rings (SSSR count). The Hall–Kier alpha value is -2.62. The van der Waals surface area contributed by atoms with Crippen molar-refractivity contribution in [2.45, 2.75) is 65.2 Å². The number of aryl methyl sites for hydroxylation is 3. The van der Waals surface area contributed by atoms with Crippen molar-refractivity contribution < 1.29 is 14.3 Å². The van der Waals surface area contributed by atoms with E-state index in [-0.39, 0.29) is 5.75 Å². The number of nitrogens with one attached hydrogen (secondary N) is 1. The van der Waals surface area contributed by atoms with Gasteiger partial charge < -0.3 is 19.2 Å². The monoisotopic (exact) mass is 395 g/mol. The van der Waals surface area contributed by atoms with Crippen LogP contribution < -0.4 is 4.74 Å². The molecule has 2 aromatic heterocycles. The second-order valence-electron chi connectivity index (χ2n) is 7.99. The Kier molecular flexibility index (Phi) is 7.45. The standard InChI is InChI=1S/C25H33NO3/c1-4-5-6-22-10-11-23(29-22)9-7-19-8-12-24(27)25(15-19)28-14-13-21-16-20(17-26-21)18(2)3/h8,10-12,15-18,26-27H,4-7,9,13-14H2,1-3H3. The second-order valence-corrected chi connectivity index (χ2v) is 7.99. The van der Waals surface area contributed by atoms with Crippen molar-refractivity contribution in [2.75, 3.05) is 6.61 Å². The minimum absolute atomic E-state index is 0.183. The zero-order valence-corrected chi connectivity index (χ0v) is 17.8. The predicted molar refractivity (Wildman–Crippen MR) is 117 cm³/mol. The summed E-state index contributed by atoms with van der Waals surface area (Å²) in [6, 6.07) is 11.9. The number of hydrogen-bond donors (Lipinski definition) is 2. The number of furan rings is 1. The lowest BCUT2D eigenvalue weighted by atomic mass is 10.1. The van der Waals surface area contributed by atoms with Crippen LogP contribution in [0.25, 0.3) is 0 Å². The summed E-state index contributed by atoms with van der Waals surface area (Å²) in [5, 5.41) is 10.1. The van der Waals surface area contributed by atoms with Crippen LogP contribution in [0.5, 0.6) is 11.5 Å². The first-order valence-corrected chi connectivity index (χ1v) is 10.7. The van der Waals surface area contributed by atoms with Crippen molar-refractivity contribution in [3.8, 4) is 11.5 Å². The fourth-order valence-electron chi connectivity index (χ4n) is 3.35. The van der Waals surface area contributed by atoms with Crippen LogP contribution in [0, 0.1) is 0 Å². The summed E-state index contributed by atoms with van der Waals surface area (Å²) in [6.45, 7) is 7.08. The van der Waals surface area contributed by atoms with Gasteiger partial charge in [-0.2, -0.15) is 0 Å². The van der Waals surface area contributed by atoms with Gasteiger partial charge in [-0.1, -0.05) is 33.3 Å². The maximum absolute atomic E-state index is 10.1. The molecule has 3 aromatic rings. The molecule has 1 aromatic carbocycles. The fraction of sp³-hybridized carbons (Fsp3) is 0.440. The number of phenols is 1. The molecule has 0 radical (unpaired) electrons. The maximum atomic E-state index is 10.1. The minimum Gasteiger partial charge on any atom is -0.504 e. The summed E-state index contributed by atoms with van der Waals surface area (Å²) >= 11 is 0. The molecule has 156 valence electrons. The number of phenolic OH excluding ortho intramolecular Hbond substituents is 1. The summed E-state index contributed by atoms with van der Waals surface area (Å²) in [5.74, 6) is 3.32. The summed E-state index contributed by atoms with van der Waals surface area (Å²) in [5.41, 5.74) is 3.59. The van der Waals surface area contributed by atoms with Crippen LogP contribution in [0.15, 0.2) is 47.0 Å². The van der Waals surface area contributed by atoms with Gasteiger partial charge in [-0.25, -0.2) is 0 Å². The van der Waals surface area contributed by atoms with Crippen LogP contribution in [0.3, 0.4) is 0 Å². The van der Waals surface area contributed by atoms with E-state index in [1.807, 2.05) is 12.1 Å². The van der Waals surface area contributed by atoms with Gasteiger partial charge in [0.1, 0.15) is 11.5 Å². The van der Waals surface area contributed by atoms with Crippen LogP contribution in [-0.2, 0) is 25.7 Å². The number of hydrogen-bond acceptors (Lipinski definition) is 3. The fourth-order valence-corrected chi connectivity index (χ4v) is 3.35. The van der Waals surface area contributed by atoms with E-state index < -0.39 is 0 Å². The highest BCUT2D eigenvalue weighted by Crippen LogP contribution is 2.28. The summed E-state index contributed by atoms with van der Waals surface area (Å²) in [7, 11) is 0. The van der Waals surface area contributed by atoms with Crippen LogP contribution >= 0.6 is 0 Å². The Balaban J connectivity index is 1.51. The highest BCUT2D eigenvalue weighted by atomic mass is 16.5. The molecule has 0 aliphatic heterocycles. The molecule has 0 unspecified atom stereocenters. The third-order valence-electron chi connectivity index (χ3n) is 5.24. The van der Waals surface area contributed by atoms with E-state index in [1.165, 1.54) is 12.0 Å². The normalized spacial score (nSPS) is 11.3. The smallest absolute Gasteiger partial charge is 0.161 e. The van der Waals surface area contributed by atoms with Gasteiger partial charge >= 0.3 is 0 Å². The molecular formula is C25H33NO3. The van der Waals surface area contributed by atoms with Gasteiger partial charge in [0.05, 0.1) is 6.61 Å². The van der Waals surface area contributed by atoms with Gasteiger partial charge in [-0.3, -0.25) is 0 Å². The number of aromatic amines is 1. The highest BCUT2D eigenvalue weighted by Gasteiger charge is 2.08. The molecule has 4 heteroatoms. The van der Waals surface area contributed by atoms with E-state index in [0.717, 1.165) is 54.9 Å². The lowest BCUT2D eigenvalue weighted by Crippen LogP contribution is -2.02. The van der Waals surface area contributed by atoms with Crippen molar-refractivity contribution in [3.05, 3.63) is 70.9 Å². The van der Waals surface area contributed by atoms with E-state index in [1.54, 1.807) is 6.07 Å². The second kappa shape index (κ2) is 10.2. The van der Waals surface area contributed by atoms with E-state index >= 15 is 0 Å². The molecule has 0 amide bonds. The van der Waals surface area contributed by atoms with Crippen molar-refractivity contribution in [3.63, 3.8) is 0 Å². The number of aromatic nitrogens is 1. The van der Waals surface area contributed by atoms with E-state index in [4.69, 9.17) is 9.15 Å². The van der Waals surface area contributed by atoms with Crippen molar-refractivity contribution in [2.24, 2.45) is 0 Å². The first-order chi connectivity index (χ1) is 14.0. The molecule has 0 bridgehead atoms. The first kappa shape index (κ1) is 21.1. The average molecular weight is 396 g/mol. The SMILES string of the molecule is CCCCc1ccc(CCc2ccc(O)c(OCCc3cc(C(C)C)c[nH]3)c2)o1. The van der Waals surface area contributed by atoms with Gasteiger partial charge in [0, 0.05) is 31.2 Å². The average Bonchev–Trinajstić information content (AvgIpc) is 3.36. The largest absolute Gasteiger partial charge is 0.504 e. The van der Waals surface area contributed by atoms with Crippen molar-refractivity contribution >= 4 is 0 Å². The van der Waals surface area contributed by atoms with Crippen LogP contribution in [0.2, 0.25) is 0 Å². The van der Waals surface area contributed by atoms with Gasteiger partial charge in [0.25, 0.3) is 0 Å². The number of rotatable bonds is 11. The minimum atomic E-state index is 0.183. The first-order valence-electron chi connectivity index (χ1n) is 10.7. The number of unbranched alkanes of at least 4 members (excludes halogenated alkanes) is 1. The zero-order chi connectivity index (χ0) is 20.6. The molecule has 0 saturated heterocycles. The number of H-pyrrole nitrogens is 1. The number of benzene rings is 1. The van der Waals surface area contributed by atoms with E-state index in [2.05, 4.69) is 50.2 Å². The summed E-state index contributed by atoms with van der Waals surface area (Å²) in [4.78, 5) is 3.30. The van der Waals surface area contributed by atoms with Crippen LogP contribution in [0.1, 0.15) is 67.9 Å². The Morgan fingerprint density at radius 3 is 2.52 bits per heavy atom. The van der Waals surface area contributed by atoms with Crippen molar-refractivity contribution in [1.82, 2.24) is 4.98 Å². The molecule has 0 saturated carbocycles. The van der Waals surface area contributed by atoms with Crippen LogP contribution in [-0.4, -0.2) is 16.7 Å². The molecular weight excluding hydrogens is 362 g/mol. The number of aromatic hydroxyl groups is 1. The Labute approximate surface area is 173 Å². The highest BCUT2D eigenvalue weighted by molar-refractivity contribution is 5.42. The third kappa shape index (κ3) is 6.18. The zero-order valence-electron chi connectivity index (χ0n) is 17.8. The molecule has 0 spiro atoms. The van der Waals surface area contributed by atoms with Crippen molar-refractivity contribution in [1.29, 1.82) is 0 Å². The lowest BCUT2D eigenvalue weighted by Gasteiger charge is -2.10. The van der Waals surface area contributed by atoms with E-state index in [9.17, 15) is 5.11 Å². The lowest BCUT2D eigenvalue weighted by molar-refractivity contribution is 0.302. The van der Waals surface area contributed by atoms with Crippen LogP contribution in [0.4, 0.5) is 0 Å². The molecule has 2 heterocycles. The molecule has 2 N–H and O–H groups in total. The molecule has 0 aliphatic carbocycles. The Morgan fingerprint density at radius 1 is 1.00 bits per heavy atom.